The lowest BCUT2D eigenvalue weighted by molar-refractivity contribution is 0.0305. The number of hydrogen-bond acceptors (Lipinski definition) is 3. The molecule has 0 radical (unpaired) electrons. The van der Waals surface area contributed by atoms with E-state index in [4.69, 9.17) is 10.5 Å². The van der Waals surface area contributed by atoms with Crippen LogP contribution in [0, 0.1) is 0 Å². The minimum absolute atomic E-state index is 0.0642. The van der Waals surface area contributed by atoms with Crippen LogP contribution >= 0.6 is 15.9 Å². The lowest BCUT2D eigenvalue weighted by atomic mass is 10.1. The van der Waals surface area contributed by atoms with Crippen molar-refractivity contribution in [1.82, 2.24) is 0 Å². The molecule has 18 heavy (non-hydrogen) atoms. The van der Waals surface area contributed by atoms with Crippen molar-refractivity contribution in [1.29, 1.82) is 0 Å². The summed E-state index contributed by atoms with van der Waals surface area (Å²) in [6.07, 6.45) is 3.27. The van der Waals surface area contributed by atoms with E-state index in [0.29, 0.717) is 12.2 Å². The zero-order valence-electron chi connectivity index (χ0n) is 10.6. The standard InChI is InChI=1S/C14H19BrN2O/c1-9(16)13-5-2-10(6-14(13)15)17-7-11-3-4-12(8-17)18-11/h2,5-6,9,11-12H,3-4,7-8,16H2,1H3. The van der Waals surface area contributed by atoms with Crippen LogP contribution in [0.25, 0.3) is 0 Å². The van der Waals surface area contributed by atoms with Gasteiger partial charge in [0.05, 0.1) is 12.2 Å². The third kappa shape index (κ3) is 2.29. The Labute approximate surface area is 116 Å². The maximum absolute atomic E-state index is 5.93. The van der Waals surface area contributed by atoms with Gasteiger partial charge in [-0.3, -0.25) is 0 Å². The highest BCUT2D eigenvalue weighted by atomic mass is 79.9. The summed E-state index contributed by atoms with van der Waals surface area (Å²) in [4.78, 5) is 2.43. The van der Waals surface area contributed by atoms with Crippen molar-refractivity contribution < 1.29 is 4.74 Å². The lowest BCUT2D eigenvalue weighted by Gasteiger charge is -2.34. The van der Waals surface area contributed by atoms with E-state index in [1.165, 1.54) is 18.5 Å². The molecule has 0 saturated carbocycles. The number of benzene rings is 1. The van der Waals surface area contributed by atoms with Gasteiger partial charge >= 0.3 is 0 Å². The highest BCUT2D eigenvalue weighted by molar-refractivity contribution is 9.10. The molecule has 3 rings (SSSR count). The Balaban J connectivity index is 1.82. The molecule has 2 heterocycles. The molecule has 98 valence electrons. The summed E-state index contributed by atoms with van der Waals surface area (Å²) in [5, 5.41) is 0. The van der Waals surface area contributed by atoms with Gasteiger partial charge in [-0.15, -0.1) is 0 Å². The Kier molecular flexibility index (Phi) is 3.34. The first-order valence-corrected chi connectivity index (χ1v) is 7.38. The molecule has 0 aromatic heterocycles. The minimum atomic E-state index is 0.0642. The summed E-state index contributed by atoms with van der Waals surface area (Å²) in [5.41, 5.74) is 8.37. The molecule has 1 aromatic carbocycles. The number of hydrogen-bond donors (Lipinski definition) is 1. The first-order chi connectivity index (χ1) is 8.63. The van der Waals surface area contributed by atoms with Gasteiger partial charge < -0.3 is 15.4 Å². The van der Waals surface area contributed by atoms with Crippen LogP contribution < -0.4 is 10.6 Å². The second kappa shape index (κ2) is 4.83. The smallest absolute Gasteiger partial charge is 0.0755 e. The van der Waals surface area contributed by atoms with Gasteiger partial charge in [0.1, 0.15) is 0 Å². The molecule has 2 aliphatic rings. The van der Waals surface area contributed by atoms with Gasteiger partial charge in [0.15, 0.2) is 0 Å². The van der Waals surface area contributed by atoms with E-state index in [1.807, 2.05) is 6.92 Å². The number of nitrogens with zero attached hydrogens (tertiary/aromatic N) is 1. The maximum atomic E-state index is 5.93. The number of anilines is 1. The Hall–Kier alpha value is -0.580. The Bertz CT molecular complexity index is 437. The van der Waals surface area contributed by atoms with Crippen LogP contribution in [0.1, 0.15) is 31.4 Å². The largest absolute Gasteiger partial charge is 0.371 e. The van der Waals surface area contributed by atoms with E-state index in [2.05, 4.69) is 39.0 Å². The summed E-state index contributed by atoms with van der Waals surface area (Å²) < 4.78 is 6.97. The minimum Gasteiger partial charge on any atom is -0.371 e. The molecule has 2 fully saturated rings. The predicted octanol–water partition coefficient (Wildman–Crippen LogP) is 2.84. The summed E-state index contributed by atoms with van der Waals surface area (Å²) in [7, 11) is 0. The van der Waals surface area contributed by atoms with Gasteiger partial charge in [-0.25, -0.2) is 0 Å². The highest BCUT2D eigenvalue weighted by Crippen LogP contribution is 2.32. The molecule has 3 unspecified atom stereocenters. The summed E-state index contributed by atoms with van der Waals surface area (Å²) in [6, 6.07) is 6.55. The molecular weight excluding hydrogens is 292 g/mol. The quantitative estimate of drug-likeness (QED) is 0.913. The molecule has 0 amide bonds. The number of halogens is 1. The van der Waals surface area contributed by atoms with E-state index in [-0.39, 0.29) is 6.04 Å². The zero-order valence-corrected chi connectivity index (χ0v) is 12.2. The van der Waals surface area contributed by atoms with Crippen molar-refractivity contribution >= 4 is 21.6 Å². The topological polar surface area (TPSA) is 38.5 Å². The van der Waals surface area contributed by atoms with Gasteiger partial charge in [0.2, 0.25) is 0 Å². The normalized spacial score (nSPS) is 28.5. The summed E-state index contributed by atoms with van der Waals surface area (Å²) in [5.74, 6) is 0. The molecule has 0 spiro atoms. The molecule has 3 nitrogen and oxygen atoms in total. The average molecular weight is 311 g/mol. The fourth-order valence-electron chi connectivity index (χ4n) is 2.91. The second-order valence-electron chi connectivity index (χ2n) is 5.36. The molecule has 2 bridgehead atoms. The number of morpholine rings is 1. The third-order valence-corrected chi connectivity index (χ3v) is 4.57. The van der Waals surface area contributed by atoms with Gasteiger partial charge in [-0.2, -0.15) is 0 Å². The van der Waals surface area contributed by atoms with Crippen molar-refractivity contribution in [2.24, 2.45) is 5.73 Å². The average Bonchev–Trinajstić information content (AvgIpc) is 2.67. The summed E-state index contributed by atoms with van der Waals surface area (Å²) in [6.45, 7) is 4.04. The second-order valence-corrected chi connectivity index (χ2v) is 6.21. The fraction of sp³-hybridized carbons (Fsp3) is 0.571. The number of ether oxygens (including phenoxy) is 1. The first kappa shape index (κ1) is 12.5. The van der Waals surface area contributed by atoms with Crippen molar-refractivity contribution in [3.05, 3.63) is 28.2 Å². The van der Waals surface area contributed by atoms with E-state index in [0.717, 1.165) is 23.1 Å². The number of nitrogens with two attached hydrogens (primary N) is 1. The van der Waals surface area contributed by atoms with E-state index >= 15 is 0 Å². The molecule has 4 heteroatoms. The molecule has 3 atom stereocenters. The highest BCUT2D eigenvalue weighted by Gasteiger charge is 2.33. The molecule has 1 aromatic rings. The van der Waals surface area contributed by atoms with Crippen LogP contribution in [0.2, 0.25) is 0 Å². The van der Waals surface area contributed by atoms with Crippen molar-refractivity contribution in [2.45, 2.75) is 38.0 Å². The maximum Gasteiger partial charge on any atom is 0.0755 e. The molecule has 2 N–H and O–H groups in total. The SMILES string of the molecule is CC(N)c1ccc(N2CC3CCC(C2)O3)cc1Br. The zero-order chi connectivity index (χ0) is 12.7. The van der Waals surface area contributed by atoms with E-state index < -0.39 is 0 Å². The first-order valence-electron chi connectivity index (χ1n) is 6.59. The molecule has 0 aliphatic carbocycles. The predicted molar refractivity (Wildman–Crippen MR) is 76.9 cm³/mol. The Morgan fingerprint density at radius 3 is 2.56 bits per heavy atom. The van der Waals surface area contributed by atoms with Gasteiger partial charge in [-0.1, -0.05) is 22.0 Å². The van der Waals surface area contributed by atoms with Crippen LogP contribution in [-0.2, 0) is 4.74 Å². The van der Waals surface area contributed by atoms with Crippen molar-refractivity contribution in [3.63, 3.8) is 0 Å². The summed E-state index contributed by atoms with van der Waals surface area (Å²) >= 11 is 3.62. The third-order valence-electron chi connectivity index (χ3n) is 3.88. The fourth-order valence-corrected chi connectivity index (χ4v) is 3.64. The van der Waals surface area contributed by atoms with E-state index in [9.17, 15) is 0 Å². The van der Waals surface area contributed by atoms with Crippen molar-refractivity contribution in [3.8, 4) is 0 Å². The van der Waals surface area contributed by atoms with Gasteiger partial charge in [0.25, 0.3) is 0 Å². The molecule has 2 saturated heterocycles. The molecule has 2 aliphatic heterocycles. The van der Waals surface area contributed by atoms with Crippen molar-refractivity contribution in [2.75, 3.05) is 18.0 Å². The lowest BCUT2D eigenvalue weighted by Crippen LogP contribution is -2.42. The van der Waals surface area contributed by atoms with Gasteiger partial charge in [-0.05, 0) is 37.5 Å². The Morgan fingerprint density at radius 1 is 1.33 bits per heavy atom. The van der Waals surface area contributed by atoms with Crippen LogP contribution in [0.15, 0.2) is 22.7 Å². The monoisotopic (exact) mass is 310 g/mol. The van der Waals surface area contributed by atoms with Gasteiger partial charge in [0, 0.05) is 29.3 Å². The number of rotatable bonds is 2. The van der Waals surface area contributed by atoms with E-state index in [1.54, 1.807) is 0 Å². The van der Waals surface area contributed by atoms with Crippen LogP contribution in [0.4, 0.5) is 5.69 Å². The molecular formula is C14H19BrN2O. The van der Waals surface area contributed by atoms with Crippen LogP contribution in [-0.4, -0.2) is 25.3 Å². The van der Waals surface area contributed by atoms with Crippen LogP contribution in [0.3, 0.4) is 0 Å². The Morgan fingerprint density at radius 2 is 2.00 bits per heavy atom. The van der Waals surface area contributed by atoms with Crippen LogP contribution in [0.5, 0.6) is 0 Å². The number of fused-ring (bicyclic) bond motifs is 2.